The molecule has 1 aliphatic rings. The molecule has 2 atom stereocenters. The van der Waals surface area contributed by atoms with Gasteiger partial charge in [0.25, 0.3) is 0 Å². The van der Waals surface area contributed by atoms with E-state index in [1.54, 1.807) is 0 Å². The first-order valence-corrected chi connectivity index (χ1v) is 3.39. The highest BCUT2D eigenvalue weighted by Gasteiger charge is 2.49. The van der Waals surface area contributed by atoms with E-state index in [0.717, 1.165) is 0 Å². The molecule has 0 bridgehead atoms. The van der Waals surface area contributed by atoms with Gasteiger partial charge >= 0.3 is 5.97 Å². The minimum atomic E-state index is -1.30. The number of carbonyl (C=O) groups is 2. The molecule has 1 fully saturated rings. The van der Waals surface area contributed by atoms with E-state index in [1.165, 1.54) is 13.8 Å². The molecule has 1 heterocycles. The summed E-state index contributed by atoms with van der Waals surface area (Å²) >= 11 is 0. The van der Waals surface area contributed by atoms with Crippen LogP contribution in [0.5, 0.6) is 0 Å². The van der Waals surface area contributed by atoms with Crippen LogP contribution in [0.3, 0.4) is 0 Å². The topological polar surface area (TPSA) is 63.6 Å². The predicted molar refractivity (Wildman–Crippen MR) is 35.8 cm³/mol. The molecule has 11 heavy (non-hydrogen) atoms. The number of ketones is 1. The van der Waals surface area contributed by atoms with Crippen LogP contribution in [-0.2, 0) is 14.3 Å². The lowest BCUT2D eigenvalue weighted by Crippen LogP contribution is -2.37. The largest absolute Gasteiger partial charge is 0.448 e. The van der Waals surface area contributed by atoms with E-state index in [9.17, 15) is 9.59 Å². The minimum Gasteiger partial charge on any atom is -0.448 e. The second-order valence-electron chi connectivity index (χ2n) is 2.90. The first-order chi connectivity index (χ1) is 5.01. The minimum absolute atomic E-state index is 0.343. The van der Waals surface area contributed by atoms with Gasteiger partial charge in [-0.2, -0.15) is 0 Å². The lowest BCUT2D eigenvalue weighted by Gasteiger charge is -2.16. The summed E-state index contributed by atoms with van der Waals surface area (Å²) in [4.78, 5) is 22.0. The Morgan fingerprint density at radius 2 is 2.18 bits per heavy atom. The van der Waals surface area contributed by atoms with Gasteiger partial charge in [0.15, 0.2) is 11.4 Å². The van der Waals surface area contributed by atoms with Crippen LogP contribution in [0.1, 0.15) is 13.8 Å². The van der Waals surface area contributed by atoms with Crippen LogP contribution < -0.4 is 0 Å². The monoisotopic (exact) mass is 158 g/mol. The van der Waals surface area contributed by atoms with Crippen molar-refractivity contribution in [3.8, 4) is 0 Å². The molecule has 1 rings (SSSR count). The van der Waals surface area contributed by atoms with Gasteiger partial charge in [-0.3, -0.25) is 9.59 Å². The number of ether oxygens (including phenoxy) is 1. The lowest BCUT2D eigenvalue weighted by atomic mass is 9.96. The lowest BCUT2D eigenvalue weighted by molar-refractivity contribution is -0.154. The maximum Gasteiger partial charge on any atom is 0.317 e. The van der Waals surface area contributed by atoms with Crippen molar-refractivity contribution in [1.29, 1.82) is 0 Å². The van der Waals surface area contributed by atoms with Crippen LogP contribution in [-0.4, -0.2) is 29.1 Å². The fraction of sp³-hybridized carbons (Fsp3) is 0.714. The van der Waals surface area contributed by atoms with Crippen LogP contribution in [0.15, 0.2) is 0 Å². The smallest absolute Gasteiger partial charge is 0.317 e. The van der Waals surface area contributed by atoms with Crippen molar-refractivity contribution in [3.63, 3.8) is 0 Å². The average Bonchev–Trinajstić information content (AvgIpc) is 2.17. The first kappa shape index (κ1) is 8.20. The molecule has 0 spiro atoms. The summed E-state index contributed by atoms with van der Waals surface area (Å²) in [5.74, 6) is -1.62. The van der Waals surface area contributed by atoms with Crippen LogP contribution in [0.4, 0.5) is 0 Å². The maximum absolute atomic E-state index is 11.2. The predicted octanol–water partition coefficient (Wildman–Crippen LogP) is -0.501. The Kier molecular flexibility index (Phi) is 1.72. The molecule has 4 heteroatoms. The molecule has 0 amide bonds. The molecular weight excluding hydrogens is 148 g/mol. The molecular formula is C7H10O4. The fourth-order valence-electron chi connectivity index (χ4n) is 1.04. The number of rotatable bonds is 1. The molecule has 0 aromatic rings. The van der Waals surface area contributed by atoms with Crippen molar-refractivity contribution >= 4 is 11.8 Å². The van der Waals surface area contributed by atoms with Gasteiger partial charge in [-0.25, -0.2) is 0 Å². The Balaban J connectivity index is 2.91. The summed E-state index contributed by atoms with van der Waals surface area (Å²) in [5.41, 5.74) is -1.30. The third-order valence-corrected chi connectivity index (χ3v) is 1.90. The van der Waals surface area contributed by atoms with Crippen molar-refractivity contribution in [2.75, 3.05) is 6.61 Å². The Bertz CT molecular complexity index is 210. The van der Waals surface area contributed by atoms with Gasteiger partial charge < -0.3 is 9.84 Å². The van der Waals surface area contributed by atoms with Crippen molar-refractivity contribution in [3.05, 3.63) is 0 Å². The van der Waals surface area contributed by atoms with E-state index < -0.39 is 24.1 Å². The summed E-state index contributed by atoms with van der Waals surface area (Å²) in [6, 6.07) is 0. The van der Waals surface area contributed by atoms with Gasteiger partial charge in [0.05, 0.1) is 6.61 Å². The molecule has 1 aliphatic heterocycles. The highest BCUT2D eigenvalue weighted by Crippen LogP contribution is 2.26. The Morgan fingerprint density at radius 1 is 1.64 bits per heavy atom. The van der Waals surface area contributed by atoms with E-state index in [2.05, 4.69) is 4.74 Å². The first-order valence-electron chi connectivity index (χ1n) is 3.39. The second-order valence-corrected chi connectivity index (χ2v) is 2.90. The van der Waals surface area contributed by atoms with Gasteiger partial charge in [0, 0.05) is 0 Å². The van der Waals surface area contributed by atoms with Crippen molar-refractivity contribution in [2.45, 2.75) is 19.4 Å². The highest BCUT2D eigenvalue weighted by molar-refractivity contribution is 6.08. The van der Waals surface area contributed by atoms with Crippen molar-refractivity contribution < 1.29 is 19.4 Å². The van der Waals surface area contributed by atoms with Gasteiger partial charge in [0.1, 0.15) is 5.92 Å². The number of aliphatic hydroxyl groups is 1. The second kappa shape index (κ2) is 2.30. The standard InChI is InChI=1S/C7H10O4/c1-4-5(9)7(2,3-8)11-6(4)10/h4,8H,3H2,1-2H3/t4-,7-/m1/s1. The Labute approximate surface area is 64.2 Å². The van der Waals surface area contributed by atoms with E-state index in [1.807, 2.05) is 0 Å². The molecule has 62 valence electrons. The number of carbonyl (C=O) groups excluding carboxylic acids is 2. The Hall–Kier alpha value is -0.900. The maximum atomic E-state index is 11.2. The van der Waals surface area contributed by atoms with E-state index in [4.69, 9.17) is 5.11 Å². The van der Waals surface area contributed by atoms with E-state index in [-0.39, 0.29) is 5.78 Å². The Morgan fingerprint density at radius 3 is 2.36 bits per heavy atom. The molecule has 0 radical (unpaired) electrons. The molecule has 0 saturated carbocycles. The molecule has 0 unspecified atom stereocenters. The zero-order chi connectivity index (χ0) is 8.65. The number of cyclic esters (lactones) is 1. The van der Waals surface area contributed by atoms with Gasteiger partial charge in [-0.05, 0) is 13.8 Å². The van der Waals surface area contributed by atoms with Crippen LogP contribution in [0.2, 0.25) is 0 Å². The van der Waals surface area contributed by atoms with E-state index in [0.29, 0.717) is 0 Å². The number of hydrogen-bond acceptors (Lipinski definition) is 4. The summed E-state index contributed by atoms with van der Waals surface area (Å²) in [6.07, 6.45) is 0. The summed E-state index contributed by atoms with van der Waals surface area (Å²) in [6.45, 7) is 2.45. The summed E-state index contributed by atoms with van der Waals surface area (Å²) in [5, 5.41) is 8.73. The molecule has 0 aliphatic carbocycles. The average molecular weight is 158 g/mol. The summed E-state index contributed by atoms with van der Waals surface area (Å²) in [7, 11) is 0. The van der Waals surface area contributed by atoms with Gasteiger partial charge in [-0.1, -0.05) is 0 Å². The van der Waals surface area contributed by atoms with E-state index >= 15 is 0 Å². The highest BCUT2D eigenvalue weighted by atomic mass is 16.6. The molecule has 1 saturated heterocycles. The molecule has 1 N–H and O–H groups in total. The number of Topliss-reactive ketones (excluding diaryl/α,β-unsaturated/α-hetero) is 1. The molecule has 0 aromatic heterocycles. The zero-order valence-corrected chi connectivity index (χ0v) is 6.46. The van der Waals surface area contributed by atoms with Crippen LogP contribution >= 0.6 is 0 Å². The third-order valence-electron chi connectivity index (χ3n) is 1.90. The molecule has 0 aromatic carbocycles. The van der Waals surface area contributed by atoms with Crippen LogP contribution in [0.25, 0.3) is 0 Å². The molecule has 4 nitrogen and oxygen atoms in total. The SMILES string of the molecule is C[C@H]1C(=O)O[C@](C)(CO)C1=O. The van der Waals surface area contributed by atoms with Crippen molar-refractivity contribution in [2.24, 2.45) is 5.92 Å². The number of hydrogen-bond donors (Lipinski definition) is 1. The quantitative estimate of drug-likeness (QED) is 0.412. The number of esters is 1. The normalized spacial score (nSPS) is 37.5. The van der Waals surface area contributed by atoms with Crippen LogP contribution in [0, 0.1) is 5.92 Å². The van der Waals surface area contributed by atoms with Gasteiger partial charge in [-0.15, -0.1) is 0 Å². The zero-order valence-electron chi connectivity index (χ0n) is 6.46. The van der Waals surface area contributed by atoms with Crippen molar-refractivity contribution in [1.82, 2.24) is 0 Å². The third kappa shape index (κ3) is 1.03. The fourth-order valence-corrected chi connectivity index (χ4v) is 1.04. The summed E-state index contributed by atoms with van der Waals surface area (Å²) < 4.78 is 4.68. The van der Waals surface area contributed by atoms with Gasteiger partial charge in [0.2, 0.25) is 0 Å². The number of aliphatic hydroxyl groups excluding tert-OH is 1.